The number of halogens is 2. The Morgan fingerprint density at radius 2 is 1.95 bits per heavy atom. The first-order chi connectivity index (χ1) is 9.40. The van der Waals surface area contributed by atoms with Crippen molar-refractivity contribution in [3.05, 3.63) is 29.8 Å². The summed E-state index contributed by atoms with van der Waals surface area (Å²) in [5.74, 6) is 0.392. The Morgan fingerprint density at radius 3 is 2.55 bits per heavy atom. The Morgan fingerprint density at radius 1 is 1.25 bits per heavy atom. The van der Waals surface area contributed by atoms with Crippen LogP contribution in [0.4, 0.5) is 8.78 Å². The molecule has 0 fully saturated rings. The van der Waals surface area contributed by atoms with Crippen LogP contribution in [0, 0.1) is 5.92 Å². The van der Waals surface area contributed by atoms with Gasteiger partial charge >= 0.3 is 6.61 Å². The molecule has 2 unspecified atom stereocenters. The van der Waals surface area contributed by atoms with E-state index in [-0.39, 0.29) is 23.8 Å². The van der Waals surface area contributed by atoms with Gasteiger partial charge in [-0.15, -0.1) is 0 Å². The minimum absolute atomic E-state index is 0.00980. The minimum Gasteiger partial charge on any atom is -0.435 e. The molecule has 0 spiro atoms. The van der Waals surface area contributed by atoms with E-state index in [0.29, 0.717) is 13.0 Å². The average molecular weight is 287 g/mol. The molecule has 0 aromatic heterocycles. The van der Waals surface area contributed by atoms with Crippen molar-refractivity contribution >= 4 is 0 Å². The van der Waals surface area contributed by atoms with Gasteiger partial charge < -0.3 is 15.2 Å². The third kappa shape index (κ3) is 5.84. The smallest absolute Gasteiger partial charge is 0.387 e. The standard InChI is InChI=1S/C15H23F2NO2/c1-10(2)14(19)7-8-18-11(3)12-5-4-6-13(9-12)20-15(16)17/h4-6,9-11,14-15,18-19H,7-8H2,1-3H3. The van der Waals surface area contributed by atoms with Crippen LogP contribution in [-0.4, -0.2) is 24.4 Å². The van der Waals surface area contributed by atoms with Crippen LogP contribution >= 0.6 is 0 Å². The van der Waals surface area contributed by atoms with E-state index in [1.807, 2.05) is 26.8 Å². The first-order valence-corrected chi connectivity index (χ1v) is 6.86. The van der Waals surface area contributed by atoms with Crippen LogP contribution < -0.4 is 10.1 Å². The highest BCUT2D eigenvalue weighted by atomic mass is 19.3. The van der Waals surface area contributed by atoms with Crippen LogP contribution in [0.15, 0.2) is 24.3 Å². The fourth-order valence-corrected chi connectivity index (χ4v) is 1.86. The topological polar surface area (TPSA) is 41.5 Å². The van der Waals surface area contributed by atoms with E-state index in [1.54, 1.807) is 12.1 Å². The first kappa shape index (κ1) is 16.9. The number of aliphatic hydroxyl groups excluding tert-OH is 1. The molecule has 0 saturated carbocycles. The number of alkyl halides is 2. The molecule has 20 heavy (non-hydrogen) atoms. The van der Waals surface area contributed by atoms with Gasteiger partial charge in [-0.05, 0) is 43.5 Å². The maximum atomic E-state index is 12.2. The van der Waals surface area contributed by atoms with Crippen LogP contribution in [0.1, 0.15) is 38.8 Å². The van der Waals surface area contributed by atoms with Crippen molar-refractivity contribution in [2.75, 3.05) is 6.54 Å². The summed E-state index contributed by atoms with van der Waals surface area (Å²) in [7, 11) is 0. The zero-order valence-corrected chi connectivity index (χ0v) is 12.1. The average Bonchev–Trinajstić information content (AvgIpc) is 2.37. The minimum atomic E-state index is -2.81. The molecule has 0 aliphatic rings. The summed E-state index contributed by atoms with van der Waals surface area (Å²) in [5.41, 5.74) is 0.877. The zero-order chi connectivity index (χ0) is 15.1. The lowest BCUT2D eigenvalue weighted by Crippen LogP contribution is -2.25. The van der Waals surface area contributed by atoms with Crippen LogP contribution in [0.2, 0.25) is 0 Å². The van der Waals surface area contributed by atoms with Gasteiger partial charge in [-0.1, -0.05) is 26.0 Å². The second kappa shape index (κ2) is 8.17. The number of nitrogens with one attached hydrogen (secondary N) is 1. The molecule has 0 radical (unpaired) electrons. The zero-order valence-electron chi connectivity index (χ0n) is 12.1. The molecule has 1 aromatic carbocycles. The lowest BCUT2D eigenvalue weighted by Gasteiger charge is -2.18. The van der Waals surface area contributed by atoms with Crippen molar-refractivity contribution < 1.29 is 18.6 Å². The van der Waals surface area contributed by atoms with Crippen molar-refractivity contribution in [1.82, 2.24) is 5.32 Å². The molecule has 2 N–H and O–H groups in total. The number of rotatable bonds is 8. The van der Waals surface area contributed by atoms with Gasteiger partial charge in [-0.3, -0.25) is 0 Å². The summed E-state index contributed by atoms with van der Waals surface area (Å²) in [4.78, 5) is 0. The Balaban J connectivity index is 2.48. The molecule has 3 nitrogen and oxygen atoms in total. The number of hydrogen-bond donors (Lipinski definition) is 2. The highest BCUT2D eigenvalue weighted by Crippen LogP contribution is 2.20. The predicted octanol–water partition coefficient (Wildman–Crippen LogP) is 3.35. The van der Waals surface area contributed by atoms with Crippen LogP contribution in [0.3, 0.4) is 0 Å². The van der Waals surface area contributed by atoms with Gasteiger partial charge in [0, 0.05) is 6.04 Å². The van der Waals surface area contributed by atoms with Gasteiger partial charge in [-0.25, -0.2) is 0 Å². The van der Waals surface area contributed by atoms with E-state index in [0.717, 1.165) is 5.56 Å². The van der Waals surface area contributed by atoms with Crippen LogP contribution in [-0.2, 0) is 0 Å². The highest BCUT2D eigenvalue weighted by Gasteiger charge is 2.11. The quantitative estimate of drug-likeness (QED) is 0.770. The molecular weight excluding hydrogens is 264 g/mol. The van der Waals surface area contributed by atoms with Crippen molar-refractivity contribution in [2.45, 2.75) is 45.9 Å². The normalized spacial score (nSPS) is 14.6. The molecule has 1 rings (SSSR count). The highest BCUT2D eigenvalue weighted by molar-refractivity contribution is 5.30. The summed E-state index contributed by atoms with van der Waals surface area (Å²) in [5, 5.41) is 13.0. The van der Waals surface area contributed by atoms with Gasteiger partial charge in [0.05, 0.1) is 6.10 Å². The van der Waals surface area contributed by atoms with Gasteiger partial charge in [0.2, 0.25) is 0 Å². The van der Waals surface area contributed by atoms with Crippen LogP contribution in [0.25, 0.3) is 0 Å². The van der Waals surface area contributed by atoms with E-state index < -0.39 is 6.61 Å². The third-order valence-electron chi connectivity index (χ3n) is 3.24. The molecule has 0 bridgehead atoms. The maximum absolute atomic E-state index is 12.2. The Bertz CT molecular complexity index is 399. The number of ether oxygens (including phenoxy) is 1. The van der Waals surface area contributed by atoms with Gasteiger partial charge in [0.15, 0.2) is 0 Å². The molecule has 114 valence electrons. The van der Waals surface area contributed by atoms with E-state index in [4.69, 9.17) is 0 Å². The Kier molecular flexibility index (Phi) is 6.88. The SMILES string of the molecule is CC(NCCC(O)C(C)C)c1cccc(OC(F)F)c1. The molecule has 0 amide bonds. The van der Waals surface area contributed by atoms with Crippen molar-refractivity contribution in [3.63, 3.8) is 0 Å². The second-order valence-electron chi connectivity index (χ2n) is 5.23. The van der Waals surface area contributed by atoms with Crippen molar-refractivity contribution in [3.8, 4) is 5.75 Å². The summed E-state index contributed by atoms with van der Waals surface area (Å²) >= 11 is 0. The maximum Gasteiger partial charge on any atom is 0.387 e. The number of hydrogen-bond acceptors (Lipinski definition) is 3. The molecule has 0 aliphatic heterocycles. The molecule has 0 heterocycles. The predicted molar refractivity (Wildman–Crippen MR) is 75.0 cm³/mol. The largest absolute Gasteiger partial charge is 0.435 e. The second-order valence-corrected chi connectivity index (χ2v) is 5.23. The summed E-state index contributed by atoms with van der Waals surface area (Å²) in [6.07, 6.45) is 0.332. The lowest BCUT2D eigenvalue weighted by molar-refractivity contribution is -0.0499. The van der Waals surface area contributed by atoms with Gasteiger partial charge in [-0.2, -0.15) is 8.78 Å². The number of aliphatic hydroxyl groups is 1. The lowest BCUT2D eigenvalue weighted by atomic mass is 10.0. The van der Waals surface area contributed by atoms with E-state index >= 15 is 0 Å². The van der Waals surface area contributed by atoms with E-state index in [1.165, 1.54) is 6.07 Å². The first-order valence-electron chi connectivity index (χ1n) is 6.86. The summed E-state index contributed by atoms with van der Waals surface area (Å²) in [6.45, 7) is 3.75. The van der Waals surface area contributed by atoms with Gasteiger partial charge in [0.25, 0.3) is 0 Å². The van der Waals surface area contributed by atoms with Crippen molar-refractivity contribution in [1.29, 1.82) is 0 Å². The van der Waals surface area contributed by atoms with Gasteiger partial charge in [0.1, 0.15) is 5.75 Å². The molecule has 0 aliphatic carbocycles. The fourth-order valence-electron chi connectivity index (χ4n) is 1.86. The molecule has 1 aromatic rings. The molecule has 0 saturated heterocycles. The molecule has 2 atom stereocenters. The monoisotopic (exact) mass is 287 g/mol. The van der Waals surface area contributed by atoms with Crippen molar-refractivity contribution in [2.24, 2.45) is 5.92 Å². The molecule has 5 heteroatoms. The summed E-state index contributed by atoms with van der Waals surface area (Å²) in [6, 6.07) is 6.66. The van der Waals surface area contributed by atoms with E-state index in [2.05, 4.69) is 10.1 Å². The third-order valence-corrected chi connectivity index (χ3v) is 3.24. The molecular formula is C15H23F2NO2. The Labute approximate surface area is 119 Å². The van der Waals surface area contributed by atoms with E-state index in [9.17, 15) is 13.9 Å². The summed E-state index contributed by atoms with van der Waals surface area (Å²) < 4.78 is 28.7. The van der Waals surface area contributed by atoms with Crippen LogP contribution in [0.5, 0.6) is 5.75 Å². The number of benzene rings is 1. The Hall–Kier alpha value is -1.20. The fraction of sp³-hybridized carbons (Fsp3) is 0.600.